The topological polar surface area (TPSA) is 44.8 Å². The largest absolute Gasteiger partial charge is 0.493 e. The predicted octanol–water partition coefficient (Wildman–Crippen LogP) is 4.89. The molecule has 2 rings (SSSR count). The number of hydrogen-bond donors (Lipinski definition) is 0. The number of rotatable bonds is 9. The average Bonchev–Trinajstić information content (AvgIpc) is 2.63. The van der Waals surface area contributed by atoms with E-state index < -0.39 is 6.10 Å². The molecule has 4 heteroatoms. The van der Waals surface area contributed by atoms with Gasteiger partial charge < -0.3 is 14.2 Å². The maximum Gasteiger partial charge on any atom is 0.347 e. The van der Waals surface area contributed by atoms with Gasteiger partial charge in [-0.1, -0.05) is 38.1 Å². The van der Waals surface area contributed by atoms with Gasteiger partial charge in [0.1, 0.15) is 11.5 Å². The van der Waals surface area contributed by atoms with Crippen LogP contribution < -0.4 is 9.47 Å². The maximum absolute atomic E-state index is 12.5. The van der Waals surface area contributed by atoms with Gasteiger partial charge in [-0.3, -0.25) is 0 Å². The average molecular weight is 370 g/mol. The Bertz CT molecular complexity index is 752. The first-order valence-electron chi connectivity index (χ1n) is 9.51. The second kappa shape index (κ2) is 10.0. The highest BCUT2D eigenvalue weighted by atomic mass is 16.6. The fourth-order valence-corrected chi connectivity index (χ4v) is 2.64. The Kier molecular flexibility index (Phi) is 7.71. The first-order chi connectivity index (χ1) is 12.9. The number of carbonyl (C=O) groups is 1. The second-order valence-electron chi connectivity index (χ2n) is 7.18. The molecule has 0 saturated carbocycles. The zero-order chi connectivity index (χ0) is 19.8. The highest BCUT2D eigenvalue weighted by molar-refractivity contribution is 5.75. The Balaban J connectivity index is 2.18. The van der Waals surface area contributed by atoms with Crippen molar-refractivity contribution in [3.8, 4) is 11.5 Å². The van der Waals surface area contributed by atoms with E-state index in [1.54, 1.807) is 6.92 Å². The summed E-state index contributed by atoms with van der Waals surface area (Å²) in [5, 5.41) is 0. The highest BCUT2D eigenvalue weighted by Crippen LogP contribution is 2.23. The van der Waals surface area contributed by atoms with E-state index in [0.29, 0.717) is 31.3 Å². The summed E-state index contributed by atoms with van der Waals surface area (Å²) in [6.45, 7) is 11.0. The minimum Gasteiger partial charge on any atom is -0.493 e. The van der Waals surface area contributed by atoms with Crippen LogP contribution in [-0.2, 0) is 16.0 Å². The van der Waals surface area contributed by atoms with E-state index in [0.717, 1.165) is 22.4 Å². The van der Waals surface area contributed by atoms with E-state index in [-0.39, 0.29) is 5.97 Å². The predicted molar refractivity (Wildman–Crippen MR) is 107 cm³/mol. The van der Waals surface area contributed by atoms with Crippen LogP contribution in [0.3, 0.4) is 0 Å². The molecular weight excluding hydrogens is 340 g/mol. The summed E-state index contributed by atoms with van der Waals surface area (Å²) in [5.74, 6) is 1.61. The van der Waals surface area contributed by atoms with Crippen molar-refractivity contribution in [2.24, 2.45) is 5.92 Å². The number of ether oxygens (including phenoxy) is 3. The first kappa shape index (κ1) is 20.8. The molecule has 4 nitrogen and oxygen atoms in total. The zero-order valence-corrected chi connectivity index (χ0v) is 17.0. The van der Waals surface area contributed by atoms with Crippen molar-refractivity contribution in [1.29, 1.82) is 0 Å². The third-order valence-electron chi connectivity index (χ3n) is 4.07. The summed E-state index contributed by atoms with van der Waals surface area (Å²) >= 11 is 0. The molecule has 0 fully saturated rings. The zero-order valence-electron chi connectivity index (χ0n) is 17.0. The van der Waals surface area contributed by atoms with Crippen LogP contribution in [0, 0.1) is 19.8 Å². The summed E-state index contributed by atoms with van der Waals surface area (Å²) in [7, 11) is 0. The molecule has 2 aromatic carbocycles. The molecule has 0 aliphatic heterocycles. The van der Waals surface area contributed by atoms with Crippen molar-refractivity contribution in [2.45, 2.75) is 47.1 Å². The molecule has 2 aromatic rings. The van der Waals surface area contributed by atoms with Gasteiger partial charge in [0.05, 0.1) is 13.2 Å². The lowest BCUT2D eigenvalue weighted by atomic mass is 10.1. The number of hydrogen-bond acceptors (Lipinski definition) is 4. The minimum atomic E-state index is -0.703. The Morgan fingerprint density at radius 2 is 1.85 bits per heavy atom. The van der Waals surface area contributed by atoms with Crippen LogP contribution in [0.15, 0.2) is 42.5 Å². The fraction of sp³-hybridized carbons (Fsp3) is 0.435. The van der Waals surface area contributed by atoms with E-state index in [2.05, 4.69) is 13.8 Å². The highest BCUT2D eigenvalue weighted by Gasteiger charge is 2.23. The summed E-state index contributed by atoms with van der Waals surface area (Å²) in [4.78, 5) is 12.5. The molecular formula is C23H30O4. The van der Waals surface area contributed by atoms with Crippen molar-refractivity contribution in [2.75, 3.05) is 13.2 Å². The molecule has 0 saturated heterocycles. The number of aryl methyl sites for hydroxylation is 2. The third kappa shape index (κ3) is 6.63. The monoisotopic (exact) mass is 370 g/mol. The standard InChI is InChI=1S/C23H30O4/c1-6-25-23(24)22(27-21-12-17(4)10-11-18(21)5)14-19-8-7-9-20(13-19)26-15-16(2)3/h7-13,16,22H,6,14-15H2,1-5H3. The quantitative estimate of drug-likeness (QED) is 0.590. The van der Waals surface area contributed by atoms with Crippen molar-refractivity contribution >= 4 is 5.97 Å². The Morgan fingerprint density at radius 3 is 2.56 bits per heavy atom. The van der Waals surface area contributed by atoms with Gasteiger partial charge in [-0.05, 0) is 61.6 Å². The van der Waals surface area contributed by atoms with Crippen molar-refractivity contribution in [3.63, 3.8) is 0 Å². The summed E-state index contributed by atoms with van der Waals surface area (Å²) in [6, 6.07) is 13.8. The van der Waals surface area contributed by atoms with Crippen LogP contribution in [-0.4, -0.2) is 25.3 Å². The molecule has 0 spiro atoms. The van der Waals surface area contributed by atoms with Crippen molar-refractivity contribution in [3.05, 3.63) is 59.2 Å². The lowest BCUT2D eigenvalue weighted by molar-refractivity contribution is -0.151. The van der Waals surface area contributed by atoms with Gasteiger partial charge in [-0.25, -0.2) is 4.79 Å². The number of carbonyl (C=O) groups excluding carboxylic acids is 1. The molecule has 27 heavy (non-hydrogen) atoms. The van der Waals surface area contributed by atoms with Gasteiger partial charge in [0, 0.05) is 6.42 Å². The van der Waals surface area contributed by atoms with E-state index in [4.69, 9.17) is 14.2 Å². The maximum atomic E-state index is 12.5. The number of esters is 1. The van der Waals surface area contributed by atoms with Crippen molar-refractivity contribution < 1.29 is 19.0 Å². The molecule has 0 radical (unpaired) electrons. The fourth-order valence-electron chi connectivity index (χ4n) is 2.64. The third-order valence-corrected chi connectivity index (χ3v) is 4.07. The molecule has 0 heterocycles. The van der Waals surface area contributed by atoms with E-state index in [1.165, 1.54) is 0 Å². The van der Waals surface area contributed by atoms with Crippen LogP contribution in [0.2, 0.25) is 0 Å². The molecule has 0 aliphatic rings. The van der Waals surface area contributed by atoms with E-state index in [1.807, 2.05) is 56.3 Å². The van der Waals surface area contributed by atoms with E-state index in [9.17, 15) is 4.79 Å². The minimum absolute atomic E-state index is 0.322. The second-order valence-corrected chi connectivity index (χ2v) is 7.18. The van der Waals surface area contributed by atoms with Crippen LogP contribution in [0.4, 0.5) is 0 Å². The normalized spacial score (nSPS) is 11.9. The smallest absolute Gasteiger partial charge is 0.347 e. The van der Waals surface area contributed by atoms with Crippen LogP contribution in [0.5, 0.6) is 11.5 Å². The molecule has 1 atom stereocenters. The summed E-state index contributed by atoms with van der Waals surface area (Å²) < 4.78 is 17.1. The van der Waals surface area contributed by atoms with Crippen LogP contribution in [0.1, 0.15) is 37.5 Å². The molecule has 0 aliphatic carbocycles. The molecule has 1 unspecified atom stereocenters. The van der Waals surface area contributed by atoms with E-state index >= 15 is 0 Å². The molecule has 0 N–H and O–H groups in total. The molecule has 0 aromatic heterocycles. The Labute approximate surface area is 162 Å². The van der Waals surface area contributed by atoms with Gasteiger partial charge in [0.2, 0.25) is 0 Å². The van der Waals surface area contributed by atoms with Crippen molar-refractivity contribution in [1.82, 2.24) is 0 Å². The van der Waals surface area contributed by atoms with Gasteiger partial charge in [-0.15, -0.1) is 0 Å². The summed E-state index contributed by atoms with van der Waals surface area (Å²) in [5.41, 5.74) is 3.05. The summed E-state index contributed by atoms with van der Waals surface area (Å²) in [6.07, 6.45) is -0.281. The Morgan fingerprint density at radius 1 is 1.07 bits per heavy atom. The molecule has 146 valence electrons. The lowest BCUT2D eigenvalue weighted by Gasteiger charge is -2.20. The Hall–Kier alpha value is -2.49. The van der Waals surface area contributed by atoms with Crippen LogP contribution >= 0.6 is 0 Å². The molecule has 0 amide bonds. The van der Waals surface area contributed by atoms with Gasteiger partial charge in [0.25, 0.3) is 0 Å². The van der Waals surface area contributed by atoms with Gasteiger partial charge in [0.15, 0.2) is 6.10 Å². The lowest BCUT2D eigenvalue weighted by Crippen LogP contribution is -2.32. The van der Waals surface area contributed by atoms with Crippen LogP contribution in [0.25, 0.3) is 0 Å². The SMILES string of the molecule is CCOC(=O)C(Cc1cccc(OCC(C)C)c1)Oc1cc(C)ccc1C. The van der Waals surface area contributed by atoms with Gasteiger partial charge >= 0.3 is 5.97 Å². The first-order valence-corrected chi connectivity index (χ1v) is 9.51. The molecule has 0 bridgehead atoms. The number of benzene rings is 2. The van der Waals surface area contributed by atoms with Gasteiger partial charge in [-0.2, -0.15) is 0 Å².